The Hall–Kier alpha value is -2.83. The molecule has 3 heterocycles. The molecule has 1 aromatic carbocycles. The Bertz CT molecular complexity index is 857. The molecule has 7 nitrogen and oxygen atoms in total. The SMILES string of the molecule is O=C1CCCC[C@H]2[C@@H](C[C@@H](c3ccccc3)N2C(=O)c2c[nH]c(=O)[nH]2)N1. The van der Waals surface area contributed by atoms with Gasteiger partial charge in [-0.05, 0) is 24.8 Å². The summed E-state index contributed by atoms with van der Waals surface area (Å²) in [4.78, 5) is 43.7. The number of hydrogen-bond donors (Lipinski definition) is 3. The quantitative estimate of drug-likeness (QED) is 0.766. The van der Waals surface area contributed by atoms with Crippen LogP contribution in [0.2, 0.25) is 0 Å². The van der Waals surface area contributed by atoms with Gasteiger partial charge in [0.15, 0.2) is 0 Å². The number of benzene rings is 1. The molecule has 2 saturated heterocycles. The number of aromatic amines is 2. The highest BCUT2D eigenvalue weighted by Crippen LogP contribution is 2.39. The van der Waals surface area contributed by atoms with Crippen LogP contribution in [0.1, 0.15) is 54.2 Å². The zero-order chi connectivity index (χ0) is 18.1. The maximum Gasteiger partial charge on any atom is 0.323 e. The summed E-state index contributed by atoms with van der Waals surface area (Å²) in [6, 6.07) is 9.59. The Morgan fingerprint density at radius 1 is 1.12 bits per heavy atom. The Labute approximate surface area is 150 Å². The summed E-state index contributed by atoms with van der Waals surface area (Å²) in [6.45, 7) is 0. The van der Waals surface area contributed by atoms with E-state index in [1.807, 2.05) is 35.2 Å². The van der Waals surface area contributed by atoms with Crippen LogP contribution in [0.5, 0.6) is 0 Å². The average Bonchev–Trinajstić information content (AvgIpc) is 3.21. The molecule has 0 spiro atoms. The lowest BCUT2D eigenvalue weighted by atomic mass is 9.97. The molecule has 0 unspecified atom stereocenters. The van der Waals surface area contributed by atoms with Crippen molar-refractivity contribution < 1.29 is 9.59 Å². The standard InChI is InChI=1S/C19H22N4O3/c24-17-9-5-4-8-15-13(21-17)10-16(12-6-2-1-3-7-12)23(15)18(25)14-11-20-19(26)22-14/h1-3,6-7,11,13,15-16H,4-5,8-10H2,(H,21,24)(H2,20,22,26)/t13-,15+,16+/m1/s1. The van der Waals surface area contributed by atoms with Gasteiger partial charge in [-0.3, -0.25) is 9.59 Å². The second-order valence-corrected chi connectivity index (χ2v) is 7.02. The predicted octanol–water partition coefficient (Wildman–Crippen LogP) is 1.72. The van der Waals surface area contributed by atoms with Crippen molar-refractivity contribution in [2.75, 3.05) is 0 Å². The van der Waals surface area contributed by atoms with Gasteiger partial charge >= 0.3 is 5.69 Å². The Morgan fingerprint density at radius 2 is 1.92 bits per heavy atom. The number of amides is 2. The zero-order valence-corrected chi connectivity index (χ0v) is 14.4. The third-order valence-corrected chi connectivity index (χ3v) is 5.38. The molecule has 2 aliphatic rings. The fourth-order valence-electron chi connectivity index (χ4n) is 4.20. The van der Waals surface area contributed by atoms with Crippen LogP contribution in [0.25, 0.3) is 0 Å². The molecule has 26 heavy (non-hydrogen) atoms. The highest BCUT2D eigenvalue weighted by Gasteiger charge is 2.45. The zero-order valence-electron chi connectivity index (χ0n) is 14.4. The van der Waals surface area contributed by atoms with Crippen molar-refractivity contribution in [3.8, 4) is 0 Å². The molecule has 2 aliphatic heterocycles. The van der Waals surface area contributed by atoms with E-state index in [1.54, 1.807) is 0 Å². The van der Waals surface area contributed by atoms with E-state index in [0.29, 0.717) is 12.8 Å². The smallest absolute Gasteiger partial charge is 0.323 e. The number of carbonyl (C=O) groups is 2. The fraction of sp³-hybridized carbons (Fsp3) is 0.421. The molecule has 2 aromatic rings. The third kappa shape index (κ3) is 3.05. The molecule has 0 bridgehead atoms. The van der Waals surface area contributed by atoms with Crippen molar-refractivity contribution >= 4 is 11.8 Å². The maximum atomic E-state index is 13.2. The van der Waals surface area contributed by atoms with Crippen molar-refractivity contribution in [1.82, 2.24) is 20.2 Å². The van der Waals surface area contributed by atoms with Gasteiger partial charge in [-0.15, -0.1) is 0 Å². The molecule has 3 atom stereocenters. The van der Waals surface area contributed by atoms with Crippen LogP contribution >= 0.6 is 0 Å². The second kappa shape index (κ2) is 6.82. The topological polar surface area (TPSA) is 98.1 Å². The Kier molecular flexibility index (Phi) is 4.36. The molecule has 136 valence electrons. The molecule has 1 aromatic heterocycles. The van der Waals surface area contributed by atoms with E-state index in [0.717, 1.165) is 24.8 Å². The average molecular weight is 354 g/mol. The predicted molar refractivity (Wildman–Crippen MR) is 95.6 cm³/mol. The number of hydrogen-bond acceptors (Lipinski definition) is 3. The number of imidazole rings is 1. The minimum absolute atomic E-state index is 0.0517. The third-order valence-electron chi connectivity index (χ3n) is 5.38. The van der Waals surface area contributed by atoms with Crippen molar-refractivity contribution in [3.63, 3.8) is 0 Å². The summed E-state index contributed by atoms with van der Waals surface area (Å²) >= 11 is 0. The number of nitrogens with zero attached hydrogens (tertiary/aromatic N) is 1. The van der Waals surface area contributed by atoms with Crippen molar-refractivity contribution in [2.45, 2.75) is 50.2 Å². The molecular formula is C19H22N4O3. The molecule has 0 aliphatic carbocycles. The summed E-state index contributed by atoms with van der Waals surface area (Å²) in [5, 5.41) is 3.11. The van der Waals surface area contributed by atoms with Crippen molar-refractivity contribution in [1.29, 1.82) is 0 Å². The largest absolute Gasteiger partial charge is 0.351 e. The lowest BCUT2D eigenvalue weighted by Crippen LogP contribution is -2.48. The number of H-pyrrole nitrogens is 2. The van der Waals surface area contributed by atoms with E-state index in [4.69, 9.17) is 0 Å². The second-order valence-electron chi connectivity index (χ2n) is 7.02. The van der Waals surface area contributed by atoms with Crippen LogP contribution in [-0.2, 0) is 4.79 Å². The molecule has 3 N–H and O–H groups in total. The highest BCUT2D eigenvalue weighted by atomic mass is 16.2. The van der Waals surface area contributed by atoms with Crippen LogP contribution in [-0.4, -0.2) is 38.8 Å². The maximum absolute atomic E-state index is 13.2. The molecule has 4 rings (SSSR count). The van der Waals surface area contributed by atoms with Gasteiger partial charge in [-0.2, -0.15) is 0 Å². The van der Waals surface area contributed by atoms with E-state index in [9.17, 15) is 14.4 Å². The molecule has 2 amide bonds. The van der Waals surface area contributed by atoms with Gasteiger partial charge in [-0.25, -0.2) is 4.79 Å². The summed E-state index contributed by atoms with van der Waals surface area (Å²) in [7, 11) is 0. The number of nitrogens with one attached hydrogen (secondary N) is 3. The number of fused-ring (bicyclic) bond motifs is 1. The van der Waals surface area contributed by atoms with Gasteiger partial charge in [-0.1, -0.05) is 36.8 Å². The number of rotatable bonds is 2. The van der Waals surface area contributed by atoms with E-state index >= 15 is 0 Å². The van der Waals surface area contributed by atoms with Gasteiger partial charge in [0.2, 0.25) is 5.91 Å². The van der Waals surface area contributed by atoms with Gasteiger partial charge < -0.3 is 20.2 Å². The number of likely N-dealkylation sites (tertiary alicyclic amines) is 1. The lowest BCUT2D eigenvalue weighted by molar-refractivity contribution is -0.122. The Balaban J connectivity index is 1.72. The van der Waals surface area contributed by atoms with Crippen LogP contribution in [0.4, 0.5) is 0 Å². The first-order valence-corrected chi connectivity index (χ1v) is 9.08. The fourth-order valence-corrected chi connectivity index (χ4v) is 4.20. The first-order valence-electron chi connectivity index (χ1n) is 9.08. The molecular weight excluding hydrogens is 332 g/mol. The summed E-state index contributed by atoms with van der Waals surface area (Å²) in [5.74, 6) is -0.157. The number of carbonyl (C=O) groups excluding carboxylic acids is 2. The van der Waals surface area contributed by atoms with Crippen molar-refractivity contribution in [2.24, 2.45) is 0 Å². The monoisotopic (exact) mass is 354 g/mol. The minimum atomic E-state index is -0.397. The van der Waals surface area contributed by atoms with Gasteiger partial charge in [0.25, 0.3) is 5.91 Å². The lowest BCUT2D eigenvalue weighted by Gasteiger charge is -2.32. The summed E-state index contributed by atoms with van der Waals surface area (Å²) in [6.07, 6.45) is 5.22. The first-order chi connectivity index (χ1) is 12.6. The summed E-state index contributed by atoms with van der Waals surface area (Å²) in [5.41, 5.74) is 0.899. The van der Waals surface area contributed by atoms with Gasteiger partial charge in [0.05, 0.1) is 18.1 Å². The van der Waals surface area contributed by atoms with Crippen LogP contribution in [0.15, 0.2) is 41.3 Å². The molecule has 0 saturated carbocycles. The highest BCUT2D eigenvalue weighted by molar-refractivity contribution is 5.93. The minimum Gasteiger partial charge on any atom is -0.351 e. The van der Waals surface area contributed by atoms with Crippen molar-refractivity contribution in [3.05, 3.63) is 58.3 Å². The first kappa shape index (κ1) is 16.6. The van der Waals surface area contributed by atoms with E-state index < -0.39 is 5.69 Å². The summed E-state index contributed by atoms with van der Waals surface area (Å²) < 4.78 is 0. The van der Waals surface area contributed by atoms with E-state index in [-0.39, 0.29) is 35.6 Å². The molecule has 0 radical (unpaired) electrons. The van der Waals surface area contributed by atoms with Crippen LogP contribution in [0.3, 0.4) is 0 Å². The van der Waals surface area contributed by atoms with Crippen LogP contribution < -0.4 is 11.0 Å². The van der Waals surface area contributed by atoms with Gasteiger partial charge in [0.1, 0.15) is 5.69 Å². The molecule has 2 fully saturated rings. The van der Waals surface area contributed by atoms with Gasteiger partial charge in [0, 0.05) is 12.6 Å². The van der Waals surface area contributed by atoms with E-state index in [2.05, 4.69) is 15.3 Å². The number of aromatic nitrogens is 2. The molecule has 7 heteroatoms. The van der Waals surface area contributed by atoms with Crippen LogP contribution in [0, 0.1) is 0 Å². The van der Waals surface area contributed by atoms with E-state index in [1.165, 1.54) is 6.20 Å². The normalized spacial score (nSPS) is 25.9. The Morgan fingerprint density at radius 3 is 2.65 bits per heavy atom.